The monoisotopic (exact) mass is 1330 g/mol. The van der Waals surface area contributed by atoms with E-state index in [-0.39, 0.29) is 43.4 Å². The number of aromatic nitrogens is 2. The van der Waals surface area contributed by atoms with Crippen molar-refractivity contribution in [2.75, 3.05) is 0 Å². The van der Waals surface area contributed by atoms with Crippen LogP contribution in [0.3, 0.4) is 0 Å². The zero-order chi connectivity index (χ0) is 58.0. The van der Waals surface area contributed by atoms with Gasteiger partial charge < -0.3 is 19.0 Å². The van der Waals surface area contributed by atoms with E-state index in [1.807, 2.05) is 97.1 Å². The van der Waals surface area contributed by atoms with Crippen LogP contribution >= 0.6 is 22.7 Å². The molecule has 0 saturated heterocycles. The van der Waals surface area contributed by atoms with Crippen LogP contribution in [0, 0.1) is 17.7 Å². The second-order valence-electron chi connectivity index (χ2n) is 22.7. The third-order valence-electron chi connectivity index (χ3n) is 15.0. The maximum atomic E-state index is 13.8. The summed E-state index contributed by atoms with van der Waals surface area (Å²) in [5.74, 6) is -0.938. The third-order valence-corrected chi connectivity index (χ3v) is 17.0. The van der Waals surface area contributed by atoms with E-state index in [9.17, 15) is 19.0 Å². The summed E-state index contributed by atoms with van der Waals surface area (Å²) >= 11 is 3.22. The minimum Gasteiger partial charge on any atom is -0.507 e. The molecule has 0 bridgehead atoms. The Balaban J connectivity index is 0.000000165. The van der Waals surface area contributed by atoms with Crippen molar-refractivity contribution >= 4 is 111 Å². The van der Waals surface area contributed by atoms with Crippen molar-refractivity contribution in [1.82, 2.24) is 9.97 Å². The summed E-state index contributed by atoms with van der Waals surface area (Å²) in [5, 5.41) is 26.3. The standard InChI is InChI=1S/C36H27FN2O2S.C36H26FN2O2S.Pt/c2*1-36(2,3)22-18-28(26-12-8-11-25-24-9-5-7-14-31(24)41-34(25)26)33-32(19-22)42-35(39-33)27-10-4-6-13-29(27)38-20-21-17-23(37)15-16-30(21)40;/h4-20,40H,1-3H3;4-11,13-20,40H,1-3H3;/q;-1;. The van der Waals surface area contributed by atoms with Gasteiger partial charge in [0.15, 0.2) is 0 Å². The number of fused-ring (bicyclic) bond motifs is 8. The van der Waals surface area contributed by atoms with Gasteiger partial charge in [-0.15, -0.1) is 40.9 Å². The average Bonchev–Trinajstić information content (AvgIpc) is 2.47. The molecule has 85 heavy (non-hydrogen) atoms. The van der Waals surface area contributed by atoms with Crippen molar-refractivity contribution in [2.45, 2.75) is 52.4 Å². The summed E-state index contributed by atoms with van der Waals surface area (Å²) in [6, 6.07) is 61.9. The zero-order valence-corrected chi connectivity index (χ0v) is 50.8. The van der Waals surface area contributed by atoms with Gasteiger partial charge in [0.25, 0.3) is 0 Å². The van der Waals surface area contributed by atoms with E-state index in [0.717, 1.165) is 108 Å². The molecule has 0 saturated carbocycles. The molecule has 8 nitrogen and oxygen atoms in total. The molecule has 13 heteroatoms. The Morgan fingerprint density at radius 3 is 1.46 bits per heavy atom. The molecule has 0 fully saturated rings. The number of thiazole rings is 2. The molecule has 14 aromatic rings. The van der Waals surface area contributed by atoms with Gasteiger partial charge >= 0.3 is 0 Å². The van der Waals surface area contributed by atoms with Crippen LogP contribution in [-0.2, 0) is 31.9 Å². The molecule has 0 amide bonds. The molecule has 0 atom stereocenters. The van der Waals surface area contributed by atoms with Crippen LogP contribution < -0.4 is 0 Å². The van der Waals surface area contributed by atoms with Crippen molar-refractivity contribution in [3.8, 4) is 54.9 Å². The number of aromatic hydroxyl groups is 2. The largest absolute Gasteiger partial charge is 0.507 e. The first-order chi connectivity index (χ1) is 40.5. The maximum absolute atomic E-state index is 13.8. The van der Waals surface area contributed by atoms with E-state index in [1.54, 1.807) is 22.7 Å². The van der Waals surface area contributed by atoms with E-state index < -0.39 is 11.6 Å². The Morgan fingerprint density at radius 1 is 0.471 bits per heavy atom. The van der Waals surface area contributed by atoms with Crippen molar-refractivity contribution in [2.24, 2.45) is 9.98 Å². The molecular formula is C72H53F2N4O4PtS2-. The number of rotatable bonds is 8. The number of halogens is 2. The van der Waals surface area contributed by atoms with Crippen molar-refractivity contribution in [1.29, 1.82) is 0 Å². The molecule has 2 N–H and O–H groups in total. The smallest absolute Gasteiger partial charge is 0.143 e. The minimum absolute atomic E-state index is 0. The molecule has 4 aromatic heterocycles. The Morgan fingerprint density at radius 2 is 0.918 bits per heavy atom. The number of phenols is 2. The third kappa shape index (κ3) is 11.0. The van der Waals surface area contributed by atoms with E-state index in [1.165, 1.54) is 60.0 Å². The van der Waals surface area contributed by atoms with Crippen LogP contribution in [0.1, 0.15) is 63.8 Å². The van der Waals surface area contributed by atoms with Crippen molar-refractivity contribution in [3.63, 3.8) is 0 Å². The molecule has 0 radical (unpaired) electrons. The van der Waals surface area contributed by atoms with E-state index in [4.69, 9.17) is 18.8 Å². The molecule has 0 aliphatic heterocycles. The van der Waals surface area contributed by atoms with Gasteiger partial charge in [-0.05, 0) is 113 Å². The van der Waals surface area contributed by atoms with Gasteiger partial charge in [-0.25, -0.2) is 18.7 Å². The SMILES string of the molecule is CC(C)(C)c1cc(-c2[c-]ccc3c2oc2ccccc23)c2nc(-c3ccccc3N=Cc3cc(F)ccc3O)sc2c1.CC(C)(C)c1cc(-c2cccc3c2oc2ccccc23)c2nc(-c3ccccc3N=Cc3cc(F)ccc3O)sc2c1.[Pt]. The zero-order valence-electron chi connectivity index (χ0n) is 46.9. The summed E-state index contributed by atoms with van der Waals surface area (Å²) in [6.45, 7) is 13.3. The summed E-state index contributed by atoms with van der Waals surface area (Å²) in [4.78, 5) is 19.6. The van der Waals surface area contributed by atoms with Gasteiger partial charge in [-0.3, -0.25) is 9.98 Å². The van der Waals surface area contributed by atoms with E-state index in [0.29, 0.717) is 22.5 Å². The molecule has 0 aliphatic rings. The quantitative estimate of drug-likeness (QED) is 0.116. The van der Waals surface area contributed by atoms with Gasteiger partial charge in [0, 0.05) is 93.3 Å². The molecule has 14 rings (SSSR count). The first-order valence-electron chi connectivity index (χ1n) is 27.4. The molecular weight excluding hydrogens is 1280 g/mol. The van der Waals surface area contributed by atoms with Crippen LogP contribution in [0.2, 0.25) is 0 Å². The first kappa shape index (κ1) is 56.5. The van der Waals surface area contributed by atoms with Crippen LogP contribution in [0.25, 0.3) is 108 Å². The van der Waals surface area contributed by atoms with Gasteiger partial charge in [0.05, 0.1) is 27.2 Å². The minimum atomic E-state index is -0.438. The summed E-state index contributed by atoms with van der Waals surface area (Å²) in [7, 11) is 0. The number of para-hydroxylation sites is 5. The number of aliphatic imine (C=N–C) groups is 2. The molecule has 10 aromatic carbocycles. The molecule has 4 heterocycles. The number of nitrogens with zero attached hydrogens (tertiary/aromatic N) is 4. The predicted molar refractivity (Wildman–Crippen MR) is 342 cm³/mol. The molecule has 422 valence electrons. The Bertz CT molecular complexity index is 4650. The van der Waals surface area contributed by atoms with Gasteiger partial charge in [-0.2, -0.15) is 0 Å². The summed E-state index contributed by atoms with van der Waals surface area (Å²) < 4.78 is 42.5. The maximum Gasteiger partial charge on any atom is 0.143 e. The fraction of sp³-hybridized carbons (Fsp3) is 0.111. The fourth-order valence-electron chi connectivity index (χ4n) is 10.5. The normalized spacial score (nSPS) is 12.1. The Labute approximate surface area is 511 Å². The van der Waals surface area contributed by atoms with Crippen LogP contribution in [0.5, 0.6) is 11.5 Å². The molecule has 0 unspecified atom stereocenters. The van der Waals surface area contributed by atoms with Crippen molar-refractivity contribution in [3.05, 3.63) is 228 Å². The topological polar surface area (TPSA) is 117 Å². The average molecular weight is 1340 g/mol. The number of furan rings is 2. The Hall–Kier alpha value is -8.93. The number of hydrogen-bond acceptors (Lipinski definition) is 10. The Kier molecular flexibility index (Phi) is 15.0. The van der Waals surface area contributed by atoms with Crippen LogP contribution in [-0.4, -0.2) is 32.6 Å². The second-order valence-corrected chi connectivity index (χ2v) is 24.8. The number of benzene rings is 10. The van der Waals surface area contributed by atoms with Gasteiger partial charge in [0.2, 0.25) is 0 Å². The van der Waals surface area contributed by atoms with Gasteiger partial charge in [-0.1, -0.05) is 143 Å². The van der Waals surface area contributed by atoms with Crippen LogP contribution in [0.4, 0.5) is 20.2 Å². The van der Waals surface area contributed by atoms with E-state index in [2.05, 4.69) is 112 Å². The summed E-state index contributed by atoms with van der Waals surface area (Å²) in [5.41, 5.74) is 14.9. The predicted octanol–water partition coefficient (Wildman–Crippen LogP) is 20.6. The molecule has 0 spiro atoms. The van der Waals surface area contributed by atoms with Crippen molar-refractivity contribution < 1.29 is 48.9 Å². The van der Waals surface area contributed by atoms with Crippen LogP contribution in [0.15, 0.2) is 207 Å². The second kappa shape index (κ2) is 22.6. The number of hydrogen-bond donors (Lipinski definition) is 2. The fourth-order valence-corrected chi connectivity index (χ4v) is 12.6. The molecule has 0 aliphatic carbocycles. The van der Waals surface area contributed by atoms with Gasteiger partial charge in [0.1, 0.15) is 49.9 Å². The number of phenolic OH excluding ortho intramolecular Hbond substituents is 2. The first-order valence-corrected chi connectivity index (χ1v) is 29.0. The van der Waals surface area contributed by atoms with E-state index >= 15 is 0 Å². The summed E-state index contributed by atoms with van der Waals surface area (Å²) in [6.07, 6.45) is 2.96.